The summed E-state index contributed by atoms with van der Waals surface area (Å²) in [6.07, 6.45) is 15.0. The van der Waals surface area contributed by atoms with Crippen molar-refractivity contribution in [3.63, 3.8) is 0 Å². The molecule has 3 rings (SSSR count). The number of rotatable bonds is 9. The molecule has 1 saturated carbocycles. The number of aromatic nitrogens is 2. The predicted octanol–water partition coefficient (Wildman–Crippen LogP) is 6.39. The van der Waals surface area contributed by atoms with Gasteiger partial charge in [-0.3, -0.25) is 14.8 Å². The number of hydrogen-bond acceptors (Lipinski definition) is 4. The van der Waals surface area contributed by atoms with E-state index in [9.17, 15) is 4.79 Å². The van der Waals surface area contributed by atoms with Crippen molar-refractivity contribution in [1.29, 1.82) is 0 Å². The van der Waals surface area contributed by atoms with E-state index in [2.05, 4.69) is 23.8 Å². The molecule has 1 aliphatic rings. The number of nitrogens with zero attached hydrogens (tertiary/aromatic N) is 2. The lowest BCUT2D eigenvalue weighted by molar-refractivity contribution is -0.140. The van der Waals surface area contributed by atoms with E-state index in [1.165, 1.54) is 25.7 Å². The molecule has 0 radical (unpaired) electrons. The lowest BCUT2D eigenvalue weighted by Crippen LogP contribution is -2.25. The van der Waals surface area contributed by atoms with Gasteiger partial charge >= 0.3 is 5.97 Å². The third kappa shape index (κ3) is 6.38. The second kappa shape index (κ2) is 11.1. The van der Waals surface area contributed by atoms with Crippen LogP contribution in [0, 0.1) is 11.8 Å². The van der Waals surface area contributed by atoms with Crippen molar-refractivity contribution in [1.82, 2.24) is 9.97 Å². The summed E-state index contributed by atoms with van der Waals surface area (Å²) in [5, 5.41) is 0. The minimum absolute atomic E-state index is 0.0499. The number of unbranched alkanes of at least 4 members (excludes halogenated alkanes) is 2. The van der Waals surface area contributed by atoms with Gasteiger partial charge in [0.15, 0.2) is 0 Å². The van der Waals surface area contributed by atoms with Gasteiger partial charge in [0, 0.05) is 11.8 Å². The molecule has 1 aromatic heterocycles. The van der Waals surface area contributed by atoms with Gasteiger partial charge in [0.2, 0.25) is 0 Å². The molecule has 0 saturated heterocycles. The zero-order valence-corrected chi connectivity index (χ0v) is 17.9. The van der Waals surface area contributed by atoms with Crippen LogP contribution in [0.2, 0.25) is 0 Å². The maximum atomic E-state index is 12.5. The Labute approximate surface area is 175 Å². The van der Waals surface area contributed by atoms with Crippen LogP contribution in [-0.2, 0) is 11.2 Å². The van der Waals surface area contributed by atoms with Crippen LogP contribution in [0.5, 0.6) is 5.75 Å². The Bertz CT molecular complexity index is 747. The van der Waals surface area contributed by atoms with Gasteiger partial charge in [0.1, 0.15) is 5.75 Å². The minimum Gasteiger partial charge on any atom is -0.426 e. The van der Waals surface area contributed by atoms with E-state index in [4.69, 9.17) is 4.74 Å². The molecular formula is C25H34N2O2. The van der Waals surface area contributed by atoms with Crippen LogP contribution in [0.3, 0.4) is 0 Å². The summed E-state index contributed by atoms with van der Waals surface area (Å²) in [4.78, 5) is 21.6. The number of esters is 1. The maximum Gasteiger partial charge on any atom is 0.314 e. The van der Waals surface area contributed by atoms with Gasteiger partial charge < -0.3 is 4.74 Å². The molecule has 0 bridgehead atoms. The molecule has 4 heteroatoms. The minimum atomic E-state index is -0.0797. The first-order valence-corrected chi connectivity index (χ1v) is 11.3. The molecule has 1 aromatic carbocycles. The van der Waals surface area contributed by atoms with Crippen LogP contribution in [0.15, 0.2) is 36.7 Å². The fourth-order valence-corrected chi connectivity index (χ4v) is 4.18. The number of ether oxygens (including phenoxy) is 1. The zero-order chi connectivity index (χ0) is 20.5. The van der Waals surface area contributed by atoms with E-state index in [-0.39, 0.29) is 11.9 Å². The summed E-state index contributed by atoms with van der Waals surface area (Å²) in [5.74, 6) is 1.37. The number of aryl methyl sites for hydroxylation is 1. The van der Waals surface area contributed by atoms with Gasteiger partial charge in [-0.2, -0.15) is 0 Å². The lowest BCUT2D eigenvalue weighted by Gasteiger charge is -2.26. The van der Waals surface area contributed by atoms with Crippen molar-refractivity contribution in [2.75, 3.05) is 0 Å². The lowest BCUT2D eigenvalue weighted by atomic mass is 9.80. The van der Waals surface area contributed by atoms with Gasteiger partial charge in [-0.15, -0.1) is 0 Å². The first kappa shape index (κ1) is 21.5. The molecule has 1 fully saturated rings. The van der Waals surface area contributed by atoms with Crippen LogP contribution in [-0.4, -0.2) is 15.9 Å². The van der Waals surface area contributed by atoms with Crippen molar-refractivity contribution < 1.29 is 9.53 Å². The van der Waals surface area contributed by atoms with Gasteiger partial charge in [-0.25, -0.2) is 0 Å². The highest BCUT2D eigenvalue weighted by molar-refractivity contribution is 5.75. The van der Waals surface area contributed by atoms with E-state index < -0.39 is 0 Å². The second-order valence-electron chi connectivity index (χ2n) is 8.30. The Morgan fingerprint density at radius 3 is 2.34 bits per heavy atom. The third-order valence-electron chi connectivity index (χ3n) is 5.99. The molecular weight excluding hydrogens is 360 g/mol. The van der Waals surface area contributed by atoms with E-state index in [0.29, 0.717) is 5.75 Å². The molecule has 0 amide bonds. The largest absolute Gasteiger partial charge is 0.426 e. The molecule has 0 spiro atoms. The predicted molar refractivity (Wildman–Crippen MR) is 117 cm³/mol. The second-order valence-corrected chi connectivity index (χ2v) is 8.30. The summed E-state index contributed by atoms with van der Waals surface area (Å²) >= 11 is 0. The molecule has 0 atom stereocenters. The first-order chi connectivity index (χ1) is 14.2. The monoisotopic (exact) mass is 394 g/mol. The molecule has 29 heavy (non-hydrogen) atoms. The van der Waals surface area contributed by atoms with Crippen molar-refractivity contribution in [2.45, 2.75) is 78.1 Å². The average molecular weight is 395 g/mol. The van der Waals surface area contributed by atoms with E-state index in [1.807, 2.05) is 36.7 Å². The van der Waals surface area contributed by atoms with Gasteiger partial charge in [-0.1, -0.05) is 39.5 Å². The van der Waals surface area contributed by atoms with E-state index >= 15 is 0 Å². The molecule has 1 aliphatic carbocycles. The van der Waals surface area contributed by atoms with Gasteiger partial charge in [0.25, 0.3) is 0 Å². The highest BCUT2D eigenvalue weighted by Crippen LogP contribution is 2.32. The Morgan fingerprint density at radius 2 is 1.72 bits per heavy atom. The van der Waals surface area contributed by atoms with E-state index in [0.717, 1.165) is 61.4 Å². The Balaban J connectivity index is 1.51. The number of hydrogen-bond donors (Lipinski definition) is 0. The fourth-order valence-electron chi connectivity index (χ4n) is 4.18. The van der Waals surface area contributed by atoms with E-state index in [1.54, 1.807) is 0 Å². The SMILES string of the molecule is CCCCCc1cnc(-c2ccc(OC(=O)C3CCC(CCC)CC3)cc2)cn1. The summed E-state index contributed by atoms with van der Waals surface area (Å²) in [7, 11) is 0. The molecule has 1 heterocycles. The molecule has 4 nitrogen and oxygen atoms in total. The average Bonchev–Trinajstić information content (AvgIpc) is 2.76. The van der Waals surface area contributed by atoms with Crippen molar-refractivity contribution in [3.05, 3.63) is 42.4 Å². The molecule has 0 N–H and O–H groups in total. The Morgan fingerprint density at radius 1 is 0.966 bits per heavy atom. The van der Waals surface area contributed by atoms with Crippen LogP contribution >= 0.6 is 0 Å². The maximum absolute atomic E-state index is 12.5. The summed E-state index contributed by atoms with van der Waals surface area (Å²) in [5.41, 5.74) is 2.87. The third-order valence-corrected chi connectivity index (χ3v) is 5.99. The molecule has 156 valence electrons. The zero-order valence-electron chi connectivity index (χ0n) is 17.9. The van der Waals surface area contributed by atoms with Crippen molar-refractivity contribution in [3.8, 4) is 17.0 Å². The van der Waals surface area contributed by atoms with Crippen LogP contribution in [0.4, 0.5) is 0 Å². The quantitative estimate of drug-likeness (QED) is 0.281. The Hall–Kier alpha value is -2.23. The number of benzene rings is 1. The molecule has 0 unspecified atom stereocenters. The number of carbonyl (C=O) groups is 1. The number of carbonyl (C=O) groups excluding carboxylic acids is 1. The summed E-state index contributed by atoms with van der Waals surface area (Å²) in [6, 6.07) is 7.60. The highest BCUT2D eigenvalue weighted by atomic mass is 16.5. The van der Waals surface area contributed by atoms with Gasteiger partial charge in [-0.05, 0) is 68.7 Å². The standard InChI is InChI=1S/C25H34N2O2/c1-3-5-6-8-22-17-27-24(18-26-22)20-13-15-23(16-14-20)29-25(28)21-11-9-19(7-4-2)10-12-21/h13-19,21H,3-12H2,1-2H3. The van der Waals surface area contributed by atoms with Crippen LogP contribution in [0.25, 0.3) is 11.3 Å². The van der Waals surface area contributed by atoms with Crippen molar-refractivity contribution >= 4 is 5.97 Å². The normalized spacial score (nSPS) is 19.1. The smallest absolute Gasteiger partial charge is 0.314 e. The van der Waals surface area contributed by atoms with Crippen LogP contribution < -0.4 is 4.74 Å². The topological polar surface area (TPSA) is 52.1 Å². The molecule has 0 aliphatic heterocycles. The van der Waals surface area contributed by atoms with Crippen molar-refractivity contribution in [2.24, 2.45) is 11.8 Å². The molecule has 2 aromatic rings. The summed E-state index contributed by atoms with van der Waals surface area (Å²) < 4.78 is 5.64. The summed E-state index contributed by atoms with van der Waals surface area (Å²) in [6.45, 7) is 4.44. The van der Waals surface area contributed by atoms with Crippen LogP contribution in [0.1, 0.15) is 77.3 Å². The first-order valence-electron chi connectivity index (χ1n) is 11.3. The van der Waals surface area contributed by atoms with Gasteiger partial charge in [0.05, 0.1) is 23.5 Å². The highest BCUT2D eigenvalue weighted by Gasteiger charge is 2.27. The fraction of sp³-hybridized carbons (Fsp3) is 0.560. The Kier molecular flexibility index (Phi) is 8.21.